The molecule has 1 atom stereocenters. The number of primary sulfonamides is 1. The molecule has 0 aliphatic carbocycles. The molecule has 0 fully saturated rings. The van der Waals surface area contributed by atoms with Crippen LogP contribution in [0.15, 0.2) is 34.3 Å². The zero-order valence-electron chi connectivity index (χ0n) is 15.1. The molecule has 1 aliphatic rings. The molecule has 0 saturated carbocycles. The summed E-state index contributed by atoms with van der Waals surface area (Å²) in [6, 6.07) is 5.93. The number of sulfonamides is 1. The average molecular weight is 410 g/mol. The Bertz CT molecular complexity index is 909. The first kappa shape index (κ1) is 19.8. The number of carbonyl (C=O) groups is 1. The molecule has 0 bridgehead atoms. The fraction of sp³-hybridized carbons (Fsp3) is 0.471. The van der Waals surface area contributed by atoms with Gasteiger partial charge in [0.05, 0.1) is 16.7 Å². The number of benzene rings is 1. The van der Waals surface area contributed by atoms with Crippen LogP contribution in [0.4, 0.5) is 0 Å². The van der Waals surface area contributed by atoms with Crippen molar-refractivity contribution < 1.29 is 13.2 Å². The molecule has 1 amide bonds. The third-order valence-corrected chi connectivity index (χ3v) is 6.39. The number of nitrogens with zero attached hydrogens (tertiary/aromatic N) is 3. The van der Waals surface area contributed by atoms with Gasteiger partial charge in [-0.2, -0.15) is 0 Å². The second-order valence-electron chi connectivity index (χ2n) is 6.55. The van der Waals surface area contributed by atoms with Gasteiger partial charge in [0.15, 0.2) is 5.16 Å². The lowest BCUT2D eigenvalue weighted by Gasteiger charge is -2.14. The zero-order valence-corrected chi connectivity index (χ0v) is 16.7. The Morgan fingerprint density at radius 1 is 1.26 bits per heavy atom. The molecule has 0 saturated heterocycles. The summed E-state index contributed by atoms with van der Waals surface area (Å²) < 4.78 is 24.7. The zero-order chi connectivity index (χ0) is 19.4. The smallest absolute Gasteiger partial charge is 0.238 e. The summed E-state index contributed by atoms with van der Waals surface area (Å²) in [5.41, 5.74) is 0.803. The van der Waals surface area contributed by atoms with E-state index < -0.39 is 10.0 Å². The number of aromatic nitrogens is 3. The minimum Gasteiger partial charge on any atom is -0.349 e. The van der Waals surface area contributed by atoms with Crippen molar-refractivity contribution in [2.45, 2.75) is 55.2 Å². The third-order valence-electron chi connectivity index (χ3n) is 4.49. The number of nitrogens with two attached hydrogens (primary N) is 1. The lowest BCUT2D eigenvalue weighted by Crippen LogP contribution is -2.28. The maximum absolute atomic E-state index is 12.3. The Kier molecular flexibility index (Phi) is 6.18. The highest BCUT2D eigenvalue weighted by Gasteiger charge is 2.17. The normalized spacial score (nSPS) is 15.6. The quantitative estimate of drug-likeness (QED) is 0.700. The van der Waals surface area contributed by atoms with E-state index in [1.807, 2.05) is 6.92 Å². The minimum absolute atomic E-state index is 0.0489. The second-order valence-corrected chi connectivity index (χ2v) is 9.06. The van der Waals surface area contributed by atoms with Crippen LogP contribution in [0.1, 0.15) is 43.6 Å². The molecule has 1 aromatic heterocycles. The van der Waals surface area contributed by atoms with Crippen molar-refractivity contribution in [1.82, 2.24) is 20.1 Å². The molecule has 27 heavy (non-hydrogen) atoms. The standard InChI is InChI=1S/C17H23N5O3S2/c1-12(13-6-8-14(9-7-13)27(18,24)25)19-16(23)11-26-17-21-20-15-5-3-2-4-10-22(15)17/h6-9,12H,2-5,10-11H2,1H3,(H,19,23)(H2,18,24,25). The van der Waals surface area contributed by atoms with E-state index in [1.165, 1.54) is 30.3 Å². The van der Waals surface area contributed by atoms with Crippen molar-refractivity contribution in [3.63, 3.8) is 0 Å². The maximum atomic E-state index is 12.3. The fourth-order valence-electron chi connectivity index (χ4n) is 3.01. The van der Waals surface area contributed by atoms with Crippen molar-refractivity contribution in [2.24, 2.45) is 5.14 Å². The molecule has 1 unspecified atom stereocenters. The van der Waals surface area contributed by atoms with Gasteiger partial charge in [-0.3, -0.25) is 4.79 Å². The molecule has 0 radical (unpaired) electrons. The summed E-state index contributed by atoms with van der Waals surface area (Å²) >= 11 is 1.38. The van der Waals surface area contributed by atoms with E-state index in [1.54, 1.807) is 12.1 Å². The van der Waals surface area contributed by atoms with Crippen molar-refractivity contribution in [2.75, 3.05) is 5.75 Å². The van der Waals surface area contributed by atoms with E-state index in [-0.39, 0.29) is 22.6 Å². The molecule has 3 N–H and O–H groups in total. The lowest BCUT2D eigenvalue weighted by atomic mass is 10.1. The Hall–Kier alpha value is -1.91. The molecule has 146 valence electrons. The maximum Gasteiger partial charge on any atom is 0.238 e. The van der Waals surface area contributed by atoms with Crippen LogP contribution in [0.3, 0.4) is 0 Å². The topological polar surface area (TPSA) is 120 Å². The van der Waals surface area contributed by atoms with Gasteiger partial charge in [0.25, 0.3) is 0 Å². The van der Waals surface area contributed by atoms with E-state index in [2.05, 4.69) is 20.1 Å². The number of rotatable bonds is 6. The Labute approximate surface area is 163 Å². The number of fused-ring (bicyclic) bond motifs is 1. The van der Waals surface area contributed by atoms with Gasteiger partial charge in [0, 0.05) is 13.0 Å². The van der Waals surface area contributed by atoms with E-state index in [0.717, 1.165) is 42.4 Å². The first-order valence-corrected chi connectivity index (χ1v) is 11.3. The van der Waals surface area contributed by atoms with E-state index >= 15 is 0 Å². The number of aryl methyl sites for hydroxylation is 1. The van der Waals surface area contributed by atoms with Gasteiger partial charge >= 0.3 is 0 Å². The monoisotopic (exact) mass is 409 g/mol. The average Bonchev–Trinajstić information content (AvgIpc) is 2.85. The number of nitrogens with one attached hydrogen (secondary N) is 1. The highest BCUT2D eigenvalue weighted by Crippen LogP contribution is 2.22. The summed E-state index contributed by atoms with van der Waals surface area (Å²) in [6.07, 6.45) is 4.36. The molecule has 0 spiro atoms. The Balaban J connectivity index is 1.55. The highest BCUT2D eigenvalue weighted by molar-refractivity contribution is 7.99. The van der Waals surface area contributed by atoms with Crippen LogP contribution in [0.25, 0.3) is 0 Å². The molecule has 2 aromatic rings. The molecular weight excluding hydrogens is 386 g/mol. The molecule has 8 nitrogen and oxygen atoms in total. The van der Waals surface area contributed by atoms with Gasteiger partial charge in [0.2, 0.25) is 15.9 Å². The molecule has 2 heterocycles. The number of carbonyl (C=O) groups excluding carboxylic acids is 1. The van der Waals surface area contributed by atoms with Gasteiger partial charge in [0.1, 0.15) is 5.82 Å². The van der Waals surface area contributed by atoms with Crippen molar-refractivity contribution >= 4 is 27.7 Å². The van der Waals surface area contributed by atoms with Gasteiger partial charge in [-0.25, -0.2) is 13.6 Å². The van der Waals surface area contributed by atoms with Gasteiger partial charge in [-0.05, 0) is 37.5 Å². The van der Waals surface area contributed by atoms with E-state index in [4.69, 9.17) is 5.14 Å². The summed E-state index contributed by atoms with van der Waals surface area (Å²) in [6.45, 7) is 2.75. The summed E-state index contributed by atoms with van der Waals surface area (Å²) in [4.78, 5) is 12.3. The van der Waals surface area contributed by atoms with Crippen LogP contribution in [0, 0.1) is 0 Å². The van der Waals surface area contributed by atoms with Gasteiger partial charge in [-0.1, -0.05) is 30.3 Å². The largest absolute Gasteiger partial charge is 0.349 e. The van der Waals surface area contributed by atoms with Gasteiger partial charge in [-0.15, -0.1) is 10.2 Å². The van der Waals surface area contributed by atoms with Crippen LogP contribution in [-0.2, 0) is 27.8 Å². The van der Waals surface area contributed by atoms with Gasteiger partial charge < -0.3 is 9.88 Å². The number of amides is 1. The number of hydrogen-bond acceptors (Lipinski definition) is 6. The summed E-state index contributed by atoms with van der Waals surface area (Å²) in [5, 5.41) is 17.2. The van der Waals surface area contributed by atoms with Crippen LogP contribution in [0.2, 0.25) is 0 Å². The predicted octanol–water partition coefficient (Wildman–Crippen LogP) is 1.62. The van der Waals surface area contributed by atoms with Crippen LogP contribution in [-0.4, -0.2) is 34.8 Å². The Morgan fingerprint density at radius 2 is 2.00 bits per heavy atom. The van der Waals surface area contributed by atoms with Crippen LogP contribution >= 0.6 is 11.8 Å². The third kappa shape index (κ3) is 5.08. The first-order chi connectivity index (χ1) is 12.8. The fourth-order valence-corrected chi connectivity index (χ4v) is 4.32. The van der Waals surface area contributed by atoms with Crippen LogP contribution < -0.4 is 10.5 Å². The SMILES string of the molecule is CC(NC(=O)CSc1nnc2n1CCCCC2)c1ccc(S(N)(=O)=O)cc1. The van der Waals surface area contributed by atoms with E-state index in [9.17, 15) is 13.2 Å². The molecular formula is C17H23N5O3S2. The molecule has 10 heteroatoms. The number of thioether (sulfide) groups is 1. The summed E-state index contributed by atoms with van der Waals surface area (Å²) in [5.74, 6) is 1.13. The number of hydrogen-bond donors (Lipinski definition) is 2. The van der Waals surface area contributed by atoms with Crippen molar-refractivity contribution in [3.8, 4) is 0 Å². The summed E-state index contributed by atoms with van der Waals surface area (Å²) in [7, 11) is -3.72. The highest BCUT2D eigenvalue weighted by atomic mass is 32.2. The molecule has 1 aliphatic heterocycles. The van der Waals surface area contributed by atoms with Crippen molar-refractivity contribution in [1.29, 1.82) is 0 Å². The Morgan fingerprint density at radius 3 is 2.70 bits per heavy atom. The molecule has 1 aromatic carbocycles. The lowest BCUT2D eigenvalue weighted by molar-refractivity contribution is -0.119. The van der Waals surface area contributed by atoms with E-state index in [0.29, 0.717) is 0 Å². The predicted molar refractivity (Wildman–Crippen MR) is 103 cm³/mol. The molecule has 3 rings (SSSR count). The second kappa shape index (κ2) is 8.41. The van der Waals surface area contributed by atoms with Crippen molar-refractivity contribution in [3.05, 3.63) is 35.7 Å². The minimum atomic E-state index is -3.72. The van der Waals surface area contributed by atoms with Crippen LogP contribution in [0.5, 0.6) is 0 Å². The first-order valence-electron chi connectivity index (χ1n) is 8.81.